The molecule has 0 bridgehead atoms. The van der Waals surface area contributed by atoms with E-state index in [-0.39, 0.29) is 0 Å². The van der Waals surface area contributed by atoms with E-state index in [2.05, 4.69) is 33.9 Å². The highest BCUT2D eigenvalue weighted by Crippen LogP contribution is 2.66. The third-order valence-electron chi connectivity index (χ3n) is 8.44. The quantitative estimate of drug-likeness (QED) is 0.504. The van der Waals surface area contributed by atoms with Crippen LogP contribution in [-0.4, -0.2) is 5.78 Å². The second kappa shape index (κ2) is 5.90. The van der Waals surface area contributed by atoms with Crippen LogP contribution in [0.5, 0.6) is 0 Å². The number of rotatable bonds is 0. The molecule has 0 aromatic rings. The van der Waals surface area contributed by atoms with Gasteiger partial charge in [-0.15, -0.1) is 13.2 Å². The summed E-state index contributed by atoms with van der Waals surface area (Å²) in [6, 6.07) is 0. The fourth-order valence-electron chi connectivity index (χ4n) is 6.82. The van der Waals surface area contributed by atoms with Crippen molar-refractivity contribution in [3.05, 3.63) is 24.8 Å². The van der Waals surface area contributed by atoms with Gasteiger partial charge < -0.3 is 0 Å². The van der Waals surface area contributed by atoms with Crippen molar-refractivity contribution in [1.82, 2.24) is 0 Å². The molecular weight excluding hydrogens is 280 g/mol. The van der Waals surface area contributed by atoms with E-state index in [1.54, 1.807) is 0 Å². The maximum absolute atomic E-state index is 11.8. The summed E-state index contributed by atoms with van der Waals surface area (Å²) in [6.45, 7) is 13.6. The first-order chi connectivity index (χ1) is 10.9. The molecule has 4 rings (SSSR count). The van der Waals surface area contributed by atoms with Crippen LogP contribution in [0, 0.1) is 34.5 Å². The van der Waals surface area contributed by atoms with Gasteiger partial charge in [-0.1, -0.05) is 26.3 Å². The summed E-state index contributed by atoms with van der Waals surface area (Å²) >= 11 is 0. The van der Waals surface area contributed by atoms with Gasteiger partial charge in [0.2, 0.25) is 0 Å². The Hall–Kier alpha value is -0.850. The summed E-state index contributed by atoms with van der Waals surface area (Å²) in [7, 11) is 0. The Morgan fingerprint density at radius 2 is 1.74 bits per heavy atom. The first-order valence-electron chi connectivity index (χ1n) is 9.69. The molecule has 0 aromatic heterocycles. The van der Waals surface area contributed by atoms with Gasteiger partial charge in [-0.2, -0.15) is 0 Å². The number of hydrogen-bond acceptors (Lipinski definition) is 1. The number of carbonyl (C=O) groups excluding carboxylic acids is 1. The van der Waals surface area contributed by atoms with Gasteiger partial charge in [0.1, 0.15) is 0 Å². The summed E-state index contributed by atoms with van der Waals surface area (Å²) in [4.78, 5) is 11.8. The van der Waals surface area contributed by atoms with E-state index in [0.717, 1.165) is 36.5 Å². The van der Waals surface area contributed by atoms with Gasteiger partial charge in [0.05, 0.1) is 0 Å². The van der Waals surface area contributed by atoms with Crippen LogP contribution in [-0.2, 0) is 4.79 Å². The van der Waals surface area contributed by atoms with Gasteiger partial charge in [0, 0.05) is 6.42 Å². The number of ketones is 1. The van der Waals surface area contributed by atoms with Crippen LogP contribution in [0.3, 0.4) is 0 Å². The average Bonchev–Trinajstić information content (AvgIpc) is 2.86. The molecule has 4 aliphatic carbocycles. The maximum atomic E-state index is 11.8. The molecule has 0 saturated heterocycles. The molecule has 1 nitrogen and oxygen atoms in total. The highest BCUT2D eigenvalue weighted by Gasteiger charge is 2.57. The first-order valence-corrected chi connectivity index (χ1v) is 9.69. The fraction of sp³-hybridized carbons (Fsp3) is 0.773. The summed E-state index contributed by atoms with van der Waals surface area (Å²) < 4.78 is 0. The molecule has 0 aliphatic heterocycles. The van der Waals surface area contributed by atoms with E-state index < -0.39 is 0 Å². The lowest BCUT2D eigenvalue weighted by Crippen LogP contribution is -2.50. The van der Waals surface area contributed by atoms with Crippen LogP contribution in [0.4, 0.5) is 0 Å². The van der Waals surface area contributed by atoms with E-state index in [1.165, 1.54) is 44.1 Å². The second-order valence-electron chi connectivity index (χ2n) is 8.99. The lowest BCUT2D eigenvalue weighted by atomic mass is 9.47. The van der Waals surface area contributed by atoms with E-state index >= 15 is 0 Å². The predicted octanol–water partition coefficient (Wildman–Crippen LogP) is 5.96. The van der Waals surface area contributed by atoms with Crippen LogP contribution >= 0.6 is 0 Å². The Morgan fingerprint density at radius 1 is 1.00 bits per heavy atom. The molecule has 6 atom stereocenters. The van der Waals surface area contributed by atoms with Gasteiger partial charge in [-0.3, -0.25) is 4.79 Å². The third-order valence-corrected chi connectivity index (χ3v) is 8.44. The van der Waals surface area contributed by atoms with Gasteiger partial charge in [0.15, 0.2) is 5.78 Å². The summed E-state index contributed by atoms with van der Waals surface area (Å²) in [5, 5.41) is 0. The first kappa shape index (κ1) is 17.0. The zero-order valence-electron chi connectivity index (χ0n) is 15.4. The minimum atomic E-state index is 0.351. The van der Waals surface area contributed by atoms with Crippen LogP contribution in [0.15, 0.2) is 24.8 Å². The monoisotopic (exact) mass is 314 g/mol. The molecule has 3 fully saturated rings. The molecule has 3 saturated carbocycles. The smallest absolute Gasteiger partial charge is 0.155 e. The van der Waals surface area contributed by atoms with Crippen molar-refractivity contribution in [2.24, 2.45) is 34.5 Å². The van der Waals surface area contributed by atoms with Crippen LogP contribution in [0.1, 0.15) is 72.1 Å². The van der Waals surface area contributed by atoms with Crippen molar-refractivity contribution in [3.63, 3.8) is 0 Å². The van der Waals surface area contributed by atoms with Crippen molar-refractivity contribution >= 4 is 5.78 Å². The Bertz CT molecular complexity index is 518. The molecule has 0 aromatic carbocycles. The molecule has 0 N–H and O–H groups in total. The van der Waals surface area contributed by atoms with Gasteiger partial charge >= 0.3 is 0 Å². The zero-order chi connectivity index (χ0) is 16.8. The minimum absolute atomic E-state index is 0.351. The van der Waals surface area contributed by atoms with Crippen LogP contribution in [0.25, 0.3) is 0 Å². The fourth-order valence-corrected chi connectivity index (χ4v) is 6.82. The molecule has 0 radical (unpaired) electrons. The highest BCUT2D eigenvalue weighted by atomic mass is 16.1. The molecule has 0 spiro atoms. The van der Waals surface area contributed by atoms with Gasteiger partial charge in [-0.25, -0.2) is 0 Å². The van der Waals surface area contributed by atoms with Gasteiger partial charge in [-0.05, 0) is 85.5 Å². The third kappa shape index (κ3) is 2.37. The van der Waals surface area contributed by atoms with E-state index in [9.17, 15) is 4.79 Å². The van der Waals surface area contributed by atoms with E-state index in [4.69, 9.17) is 0 Å². The standard InChI is InChI=1S/C20H30O.C2H4/c1-13-4-7-17-16-6-5-14-12-15(21)8-10-20(14,3)18(16)9-11-19(13,17)2;1-2/h12-13,16-18H,4-11H2,1-3H3;1-2H2. The summed E-state index contributed by atoms with van der Waals surface area (Å²) in [6.07, 6.45) is 12.2. The molecule has 1 heteroatoms. The largest absolute Gasteiger partial charge is 0.295 e. The molecule has 23 heavy (non-hydrogen) atoms. The van der Waals surface area contributed by atoms with Crippen molar-refractivity contribution in [2.45, 2.75) is 72.1 Å². The molecule has 0 heterocycles. The van der Waals surface area contributed by atoms with Crippen molar-refractivity contribution in [1.29, 1.82) is 0 Å². The number of carbonyl (C=O) groups is 1. The minimum Gasteiger partial charge on any atom is -0.295 e. The summed E-state index contributed by atoms with van der Waals surface area (Å²) in [5.41, 5.74) is 2.47. The molecule has 4 aliphatic rings. The van der Waals surface area contributed by atoms with Crippen molar-refractivity contribution < 1.29 is 4.79 Å². The van der Waals surface area contributed by atoms with E-state index in [1.807, 2.05) is 6.08 Å². The van der Waals surface area contributed by atoms with Crippen LogP contribution in [0.2, 0.25) is 0 Å². The lowest BCUT2D eigenvalue weighted by Gasteiger charge is -2.58. The van der Waals surface area contributed by atoms with Gasteiger partial charge in [0.25, 0.3) is 0 Å². The molecule has 6 unspecified atom stereocenters. The Kier molecular flexibility index (Phi) is 4.36. The number of allylic oxidation sites excluding steroid dienone is 1. The molecule has 128 valence electrons. The normalized spacial score (nSPS) is 48.3. The molecular formula is C22H34O. The molecule has 0 amide bonds. The Balaban J connectivity index is 0.000000753. The Morgan fingerprint density at radius 3 is 2.48 bits per heavy atom. The van der Waals surface area contributed by atoms with E-state index in [0.29, 0.717) is 16.6 Å². The van der Waals surface area contributed by atoms with Crippen molar-refractivity contribution in [3.8, 4) is 0 Å². The van der Waals surface area contributed by atoms with Crippen molar-refractivity contribution in [2.75, 3.05) is 0 Å². The second-order valence-corrected chi connectivity index (χ2v) is 8.99. The Labute approximate surface area is 142 Å². The number of fused-ring (bicyclic) bond motifs is 5. The topological polar surface area (TPSA) is 17.1 Å². The number of hydrogen-bond donors (Lipinski definition) is 0. The average molecular weight is 315 g/mol. The lowest BCUT2D eigenvalue weighted by molar-refractivity contribution is -0.117. The van der Waals surface area contributed by atoms with Crippen LogP contribution < -0.4 is 0 Å². The maximum Gasteiger partial charge on any atom is 0.155 e. The highest BCUT2D eigenvalue weighted by molar-refractivity contribution is 5.91. The zero-order valence-corrected chi connectivity index (χ0v) is 15.4. The predicted molar refractivity (Wildman–Crippen MR) is 97.1 cm³/mol. The summed E-state index contributed by atoms with van der Waals surface area (Å²) in [5.74, 6) is 4.05. The SMILES string of the molecule is C=C.CC1CCC2C3CCC4=CC(=O)CCC4(C)C3CCC12C.